The number of pyridine rings is 1. The molecule has 9 nitrogen and oxygen atoms in total. The van der Waals surface area contributed by atoms with Gasteiger partial charge in [0.25, 0.3) is 0 Å². The lowest BCUT2D eigenvalue weighted by Gasteiger charge is -2.47. The van der Waals surface area contributed by atoms with Crippen molar-refractivity contribution < 1.29 is 19.0 Å². The fourth-order valence-electron chi connectivity index (χ4n) is 6.15. The van der Waals surface area contributed by atoms with E-state index in [1.165, 1.54) is 11.3 Å². The van der Waals surface area contributed by atoms with Crippen LogP contribution in [0.3, 0.4) is 0 Å². The monoisotopic (exact) mass is 535 g/mol. The van der Waals surface area contributed by atoms with Crippen molar-refractivity contribution in [3.05, 3.63) is 41.6 Å². The molecular weight excluding hydrogens is 494 g/mol. The normalized spacial score (nSPS) is 22.6. The molecule has 0 saturated carbocycles. The van der Waals surface area contributed by atoms with Gasteiger partial charge in [-0.2, -0.15) is 0 Å². The predicted molar refractivity (Wildman–Crippen MR) is 151 cm³/mol. The van der Waals surface area contributed by atoms with Gasteiger partial charge < -0.3 is 29.3 Å². The third-order valence-corrected chi connectivity index (χ3v) is 8.37. The summed E-state index contributed by atoms with van der Waals surface area (Å²) in [6.07, 6.45) is 3.90. The van der Waals surface area contributed by atoms with E-state index in [1.54, 1.807) is 0 Å². The molecule has 3 fully saturated rings. The molecule has 1 amide bonds. The first-order valence-electron chi connectivity index (χ1n) is 14.3. The number of carbonyl (C=O) groups excluding carboxylic acids is 1. The highest BCUT2D eigenvalue weighted by Crippen LogP contribution is 2.40. The number of anilines is 3. The molecule has 3 saturated heterocycles. The number of morpholine rings is 1. The number of ether oxygens (including phenoxy) is 3. The lowest BCUT2D eigenvalue weighted by molar-refractivity contribution is -0.0196. The van der Waals surface area contributed by atoms with Gasteiger partial charge in [0.05, 0.1) is 24.5 Å². The molecular formula is C30H41N5O4. The number of carbonyl (C=O) groups is 1. The number of amides is 1. The van der Waals surface area contributed by atoms with E-state index in [1.807, 2.05) is 31.9 Å². The largest absolute Gasteiger partial charge is 0.487 e. The third kappa shape index (κ3) is 5.52. The summed E-state index contributed by atoms with van der Waals surface area (Å²) in [5.41, 5.74) is 4.15. The minimum absolute atomic E-state index is 0.198. The van der Waals surface area contributed by atoms with E-state index >= 15 is 0 Å². The molecule has 1 atom stereocenters. The summed E-state index contributed by atoms with van der Waals surface area (Å²) < 4.78 is 17.5. The maximum atomic E-state index is 12.3. The van der Waals surface area contributed by atoms with Crippen molar-refractivity contribution in [2.75, 3.05) is 56.2 Å². The Bertz CT molecular complexity index is 1200. The second kappa shape index (κ2) is 10.5. The van der Waals surface area contributed by atoms with Crippen LogP contribution in [0.4, 0.5) is 22.0 Å². The maximum Gasteiger partial charge on any atom is 0.410 e. The van der Waals surface area contributed by atoms with E-state index in [-0.39, 0.29) is 6.09 Å². The van der Waals surface area contributed by atoms with Crippen LogP contribution in [-0.4, -0.2) is 84.5 Å². The van der Waals surface area contributed by atoms with Gasteiger partial charge in [0, 0.05) is 43.6 Å². The summed E-state index contributed by atoms with van der Waals surface area (Å²) in [5, 5.41) is 3.60. The SMILES string of the molecule is CC1COCCN1c1ccnc2c1COc1ccc(C3CCN(C4CN(C(=O)OC(C)(C)C)C4)CC3)cc1N2. The minimum atomic E-state index is -0.448. The zero-order valence-electron chi connectivity index (χ0n) is 23.6. The van der Waals surface area contributed by atoms with Crippen LogP contribution in [-0.2, 0) is 16.1 Å². The van der Waals surface area contributed by atoms with Crippen LogP contribution in [0, 0.1) is 0 Å². The van der Waals surface area contributed by atoms with E-state index in [9.17, 15) is 4.79 Å². The van der Waals surface area contributed by atoms with Gasteiger partial charge in [-0.1, -0.05) is 6.07 Å². The molecule has 0 bridgehead atoms. The minimum Gasteiger partial charge on any atom is -0.487 e. The summed E-state index contributed by atoms with van der Waals surface area (Å²) in [6, 6.07) is 9.43. The zero-order valence-corrected chi connectivity index (χ0v) is 23.6. The van der Waals surface area contributed by atoms with Crippen LogP contribution in [0.15, 0.2) is 30.5 Å². The van der Waals surface area contributed by atoms with Crippen molar-refractivity contribution in [1.29, 1.82) is 0 Å². The number of benzene rings is 1. The first-order chi connectivity index (χ1) is 18.7. The van der Waals surface area contributed by atoms with Gasteiger partial charge in [-0.25, -0.2) is 9.78 Å². The van der Waals surface area contributed by atoms with Gasteiger partial charge in [0.2, 0.25) is 0 Å². The highest BCUT2D eigenvalue weighted by molar-refractivity contribution is 5.73. The number of fused-ring (bicyclic) bond motifs is 2. The second-order valence-corrected chi connectivity index (χ2v) is 12.3. The van der Waals surface area contributed by atoms with Crippen molar-refractivity contribution in [1.82, 2.24) is 14.8 Å². The van der Waals surface area contributed by atoms with Crippen LogP contribution in [0.25, 0.3) is 0 Å². The molecule has 210 valence electrons. The van der Waals surface area contributed by atoms with E-state index < -0.39 is 5.60 Å². The summed E-state index contributed by atoms with van der Waals surface area (Å²) in [5.74, 6) is 2.25. The molecule has 4 aliphatic heterocycles. The molecule has 1 N–H and O–H groups in total. The molecule has 1 aromatic carbocycles. The van der Waals surface area contributed by atoms with Gasteiger partial charge in [-0.05, 0) is 83.3 Å². The fraction of sp³-hybridized carbons (Fsp3) is 0.600. The summed E-state index contributed by atoms with van der Waals surface area (Å²) >= 11 is 0. The number of nitrogens with zero attached hydrogens (tertiary/aromatic N) is 4. The smallest absolute Gasteiger partial charge is 0.410 e. The van der Waals surface area contributed by atoms with Gasteiger partial charge in [-0.3, -0.25) is 4.90 Å². The second-order valence-electron chi connectivity index (χ2n) is 12.3. The molecule has 0 aliphatic carbocycles. The van der Waals surface area contributed by atoms with Crippen molar-refractivity contribution in [3.8, 4) is 5.75 Å². The standard InChI is InChI=1S/C30H41N5O4/c1-20-18-37-14-13-35(20)26-7-10-31-28-24(26)19-38-27-6-5-22(15-25(27)32-28)21-8-11-33(12-9-21)23-16-34(17-23)29(36)39-30(2,3)4/h5-7,10,15,20-21,23H,8-9,11-14,16-19H2,1-4H3,(H,31,32). The number of aromatic nitrogens is 1. The Hall–Kier alpha value is -3.04. The topological polar surface area (TPSA) is 79.4 Å². The van der Waals surface area contributed by atoms with Gasteiger partial charge in [0.15, 0.2) is 0 Å². The number of nitrogens with one attached hydrogen (secondary N) is 1. The Morgan fingerprint density at radius 3 is 2.67 bits per heavy atom. The number of piperidine rings is 1. The van der Waals surface area contributed by atoms with E-state index in [0.717, 1.165) is 81.6 Å². The average molecular weight is 536 g/mol. The molecule has 5 heterocycles. The van der Waals surface area contributed by atoms with Crippen LogP contribution in [0.2, 0.25) is 0 Å². The lowest BCUT2D eigenvalue weighted by atomic mass is 9.88. The van der Waals surface area contributed by atoms with E-state index in [0.29, 0.717) is 24.6 Å². The Labute approximate surface area is 231 Å². The fourth-order valence-corrected chi connectivity index (χ4v) is 6.15. The first-order valence-corrected chi connectivity index (χ1v) is 14.3. The third-order valence-electron chi connectivity index (χ3n) is 8.37. The van der Waals surface area contributed by atoms with Crippen molar-refractivity contribution in [2.24, 2.45) is 0 Å². The number of likely N-dealkylation sites (tertiary alicyclic amines) is 2. The summed E-state index contributed by atoms with van der Waals surface area (Å²) in [4.78, 5) is 23.7. The van der Waals surface area contributed by atoms with E-state index in [2.05, 4.69) is 46.3 Å². The predicted octanol–water partition coefficient (Wildman–Crippen LogP) is 4.74. The van der Waals surface area contributed by atoms with Crippen LogP contribution in [0.5, 0.6) is 5.75 Å². The van der Waals surface area contributed by atoms with E-state index in [4.69, 9.17) is 19.2 Å². The molecule has 0 radical (unpaired) electrons. The highest BCUT2D eigenvalue weighted by atomic mass is 16.6. The lowest BCUT2D eigenvalue weighted by Crippen LogP contribution is -2.62. The Morgan fingerprint density at radius 2 is 1.92 bits per heavy atom. The maximum absolute atomic E-state index is 12.3. The Morgan fingerprint density at radius 1 is 1.13 bits per heavy atom. The molecule has 2 aromatic rings. The quantitative estimate of drug-likeness (QED) is 0.604. The van der Waals surface area contributed by atoms with Crippen LogP contribution >= 0.6 is 0 Å². The molecule has 6 rings (SSSR count). The van der Waals surface area contributed by atoms with Gasteiger partial charge in [-0.15, -0.1) is 0 Å². The van der Waals surface area contributed by atoms with Gasteiger partial charge >= 0.3 is 6.09 Å². The number of hydrogen-bond acceptors (Lipinski definition) is 8. The highest BCUT2D eigenvalue weighted by Gasteiger charge is 2.38. The number of rotatable bonds is 3. The van der Waals surface area contributed by atoms with Crippen LogP contribution in [0.1, 0.15) is 57.6 Å². The molecule has 4 aliphatic rings. The van der Waals surface area contributed by atoms with Crippen molar-refractivity contribution in [3.63, 3.8) is 0 Å². The van der Waals surface area contributed by atoms with Crippen LogP contribution < -0.4 is 15.0 Å². The van der Waals surface area contributed by atoms with Crippen molar-refractivity contribution >= 4 is 23.3 Å². The average Bonchev–Trinajstić information content (AvgIpc) is 3.06. The van der Waals surface area contributed by atoms with Gasteiger partial charge in [0.1, 0.15) is 23.8 Å². The zero-order chi connectivity index (χ0) is 27.1. The first kappa shape index (κ1) is 26.2. The molecule has 1 aromatic heterocycles. The molecule has 9 heteroatoms. The Balaban J connectivity index is 1.09. The molecule has 1 unspecified atom stereocenters. The molecule has 0 spiro atoms. The Kier molecular flexibility index (Phi) is 7.05. The summed E-state index contributed by atoms with van der Waals surface area (Å²) in [7, 11) is 0. The number of hydrogen-bond donors (Lipinski definition) is 1. The molecule has 39 heavy (non-hydrogen) atoms. The van der Waals surface area contributed by atoms with Crippen molar-refractivity contribution in [2.45, 2.75) is 70.7 Å². The summed E-state index contributed by atoms with van der Waals surface area (Å²) in [6.45, 7) is 14.4.